The maximum atomic E-state index is 9.84. The van der Waals surface area contributed by atoms with Crippen molar-refractivity contribution in [1.29, 1.82) is 5.26 Å². The van der Waals surface area contributed by atoms with Crippen LogP contribution in [0.2, 0.25) is 0 Å². The second-order valence-electron chi connectivity index (χ2n) is 6.17. The number of rotatable bonds is 3. The van der Waals surface area contributed by atoms with Crippen molar-refractivity contribution in [3.05, 3.63) is 65.2 Å². The van der Waals surface area contributed by atoms with Crippen LogP contribution < -0.4 is 9.47 Å². The van der Waals surface area contributed by atoms with E-state index in [9.17, 15) is 5.26 Å². The lowest BCUT2D eigenvalue weighted by molar-refractivity contribution is 0.396. The standard InChI is InChI=1S/C22H18N2O2/c1-25-19-10-6-5-9-16(19)20-17-12-11-14-7-3-4-8-15(14)21(17)24-22(26-2)18(20)13-23/h3-10H,11-12H2,1-2H3. The van der Waals surface area contributed by atoms with Crippen LogP contribution in [0.3, 0.4) is 0 Å². The zero-order valence-electron chi connectivity index (χ0n) is 14.7. The molecule has 0 saturated heterocycles. The van der Waals surface area contributed by atoms with Gasteiger partial charge in [-0.1, -0.05) is 42.5 Å². The van der Waals surface area contributed by atoms with E-state index in [1.54, 1.807) is 14.2 Å². The van der Waals surface area contributed by atoms with E-state index in [1.807, 2.05) is 36.4 Å². The number of pyridine rings is 1. The molecule has 0 bridgehead atoms. The first kappa shape index (κ1) is 16.2. The molecule has 1 heterocycles. The molecular weight excluding hydrogens is 324 g/mol. The molecule has 0 saturated carbocycles. The second kappa shape index (κ2) is 6.53. The second-order valence-corrected chi connectivity index (χ2v) is 6.17. The van der Waals surface area contributed by atoms with Crippen molar-refractivity contribution >= 4 is 0 Å². The van der Waals surface area contributed by atoms with E-state index in [0.29, 0.717) is 11.4 Å². The lowest BCUT2D eigenvalue weighted by atomic mass is 9.83. The third-order valence-electron chi connectivity index (χ3n) is 4.86. The number of fused-ring (bicyclic) bond motifs is 3. The van der Waals surface area contributed by atoms with Gasteiger partial charge in [-0.25, -0.2) is 4.98 Å². The number of aryl methyl sites for hydroxylation is 1. The van der Waals surface area contributed by atoms with Crippen molar-refractivity contribution in [2.75, 3.05) is 14.2 Å². The van der Waals surface area contributed by atoms with E-state index in [1.165, 1.54) is 5.56 Å². The van der Waals surface area contributed by atoms with Gasteiger partial charge in [0.1, 0.15) is 17.4 Å². The summed E-state index contributed by atoms with van der Waals surface area (Å²) in [6.07, 6.45) is 1.75. The molecule has 0 aliphatic heterocycles. The zero-order chi connectivity index (χ0) is 18.1. The number of hydrogen-bond acceptors (Lipinski definition) is 4. The smallest absolute Gasteiger partial charge is 0.232 e. The summed E-state index contributed by atoms with van der Waals surface area (Å²) in [7, 11) is 3.20. The minimum Gasteiger partial charge on any atom is -0.496 e. The van der Waals surface area contributed by atoms with Crippen LogP contribution in [0, 0.1) is 11.3 Å². The fraction of sp³-hybridized carbons (Fsp3) is 0.182. The van der Waals surface area contributed by atoms with Crippen LogP contribution in [-0.4, -0.2) is 19.2 Å². The third kappa shape index (κ3) is 2.41. The van der Waals surface area contributed by atoms with E-state index >= 15 is 0 Å². The molecular formula is C22H18N2O2. The third-order valence-corrected chi connectivity index (χ3v) is 4.86. The largest absolute Gasteiger partial charge is 0.496 e. The van der Waals surface area contributed by atoms with Crippen LogP contribution in [0.25, 0.3) is 22.4 Å². The highest BCUT2D eigenvalue weighted by molar-refractivity contribution is 5.86. The van der Waals surface area contributed by atoms with E-state index in [2.05, 4.69) is 18.2 Å². The van der Waals surface area contributed by atoms with Gasteiger partial charge in [-0.05, 0) is 30.0 Å². The van der Waals surface area contributed by atoms with Crippen LogP contribution >= 0.6 is 0 Å². The molecule has 2 aromatic carbocycles. The number of hydrogen-bond donors (Lipinski definition) is 0. The van der Waals surface area contributed by atoms with Gasteiger partial charge in [0.25, 0.3) is 0 Å². The number of ether oxygens (including phenoxy) is 2. The predicted molar refractivity (Wildman–Crippen MR) is 100 cm³/mol. The SMILES string of the molecule is COc1ccccc1-c1c(C#N)c(OC)nc2c1CCc1ccccc1-2. The van der Waals surface area contributed by atoms with Gasteiger partial charge >= 0.3 is 0 Å². The van der Waals surface area contributed by atoms with Gasteiger partial charge in [0.05, 0.1) is 19.9 Å². The molecule has 0 fully saturated rings. The van der Waals surface area contributed by atoms with Gasteiger partial charge in [-0.2, -0.15) is 5.26 Å². The Morgan fingerprint density at radius 1 is 0.923 bits per heavy atom. The van der Waals surface area contributed by atoms with E-state index in [4.69, 9.17) is 14.5 Å². The molecule has 1 aromatic heterocycles. The number of para-hydroxylation sites is 1. The predicted octanol–water partition coefficient (Wildman–Crippen LogP) is 4.40. The zero-order valence-corrected chi connectivity index (χ0v) is 14.7. The summed E-state index contributed by atoms with van der Waals surface area (Å²) in [5.41, 5.74) is 6.55. The summed E-state index contributed by atoms with van der Waals surface area (Å²) in [6, 6.07) is 18.3. The molecule has 0 amide bonds. The van der Waals surface area contributed by atoms with Crippen molar-refractivity contribution in [2.45, 2.75) is 12.8 Å². The molecule has 0 atom stereocenters. The van der Waals surface area contributed by atoms with Gasteiger partial charge in [0, 0.05) is 16.7 Å². The fourth-order valence-corrected chi connectivity index (χ4v) is 3.70. The number of benzene rings is 2. The molecule has 0 N–H and O–H groups in total. The molecule has 4 nitrogen and oxygen atoms in total. The molecule has 0 unspecified atom stereocenters. The van der Waals surface area contributed by atoms with Crippen LogP contribution in [0.15, 0.2) is 48.5 Å². The minimum absolute atomic E-state index is 0.351. The van der Waals surface area contributed by atoms with Gasteiger partial charge in [0.15, 0.2) is 0 Å². The Balaban J connectivity index is 2.11. The maximum Gasteiger partial charge on any atom is 0.232 e. The lowest BCUT2D eigenvalue weighted by Crippen LogP contribution is -2.11. The van der Waals surface area contributed by atoms with Crippen molar-refractivity contribution in [3.8, 4) is 40.1 Å². The highest BCUT2D eigenvalue weighted by Gasteiger charge is 2.27. The minimum atomic E-state index is 0.351. The summed E-state index contributed by atoms with van der Waals surface area (Å²) >= 11 is 0. The van der Waals surface area contributed by atoms with Crippen molar-refractivity contribution < 1.29 is 9.47 Å². The monoisotopic (exact) mass is 342 g/mol. The van der Waals surface area contributed by atoms with Crippen molar-refractivity contribution in [2.24, 2.45) is 0 Å². The summed E-state index contributed by atoms with van der Waals surface area (Å²) in [6.45, 7) is 0. The van der Waals surface area contributed by atoms with Crippen LogP contribution in [-0.2, 0) is 12.8 Å². The highest BCUT2D eigenvalue weighted by atomic mass is 16.5. The normalized spacial score (nSPS) is 11.9. The fourth-order valence-electron chi connectivity index (χ4n) is 3.70. The molecule has 0 radical (unpaired) electrons. The molecule has 0 spiro atoms. The lowest BCUT2D eigenvalue weighted by Gasteiger charge is -2.24. The average molecular weight is 342 g/mol. The van der Waals surface area contributed by atoms with E-state index in [-0.39, 0.29) is 0 Å². The number of aromatic nitrogens is 1. The molecule has 26 heavy (non-hydrogen) atoms. The Kier molecular flexibility index (Phi) is 4.06. The summed E-state index contributed by atoms with van der Waals surface area (Å²) in [4.78, 5) is 4.70. The Labute approximate surface area is 152 Å². The molecule has 1 aliphatic rings. The Morgan fingerprint density at radius 3 is 2.38 bits per heavy atom. The Morgan fingerprint density at radius 2 is 1.65 bits per heavy atom. The summed E-state index contributed by atoms with van der Waals surface area (Å²) in [5.74, 6) is 1.09. The number of nitrogens with zero attached hydrogens (tertiary/aromatic N) is 2. The molecule has 3 aromatic rings. The van der Waals surface area contributed by atoms with Crippen LogP contribution in [0.4, 0.5) is 0 Å². The van der Waals surface area contributed by atoms with Crippen LogP contribution in [0.5, 0.6) is 11.6 Å². The van der Waals surface area contributed by atoms with E-state index < -0.39 is 0 Å². The van der Waals surface area contributed by atoms with Crippen molar-refractivity contribution in [3.63, 3.8) is 0 Å². The first-order chi connectivity index (χ1) is 12.8. The average Bonchev–Trinajstić information content (AvgIpc) is 2.71. The first-order valence-electron chi connectivity index (χ1n) is 8.51. The van der Waals surface area contributed by atoms with Gasteiger partial charge < -0.3 is 9.47 Å². The topological polar surface area (TPSA) is 55.1 Å². The summed E-state index contributed by atoms with van der Waals surface area (Å²) < 4.78 is 11.0. The molecule has 4 rings (SSSR count). The molecule has 4 heteroatoms. The quantitative estimate of drug-likeness (QED) is 0.708. The van der Waals surface area contributed by atoms with Gasteiger partial charge in [0.2, 0.25) is 5.88 Å². The number of nitriles is 1. The first-order valence-corrected chi connectivity index (χ1v) is 8.51. The molecule has 128 valence electrons. The highest BCUT2D eigenvalue weighted by Crippen LogP contribution is 2.44. The maximum absolute atomic E-state index is 9.84. The van der Waals surface area contributed by atoms with Gasteiger partial charge in [-0.3, -0.25) is 0 Å². The molecule has 1 aliphatic carbocycles. The van der Waals surface area contributed by atoms with Crippen molar-refractivity contribution in [1.82, 2.24) is 4.98 Å². The van der Waals surface area contributed by atoms with Gasteiger partial charge in [-0.15, -0.1) is 0 Å². The Bertz CT molecular complexity index is 1030. The summed E-state index contributed by atoms with van der Waals surface area (Å²) in [5, 5.41) is 9.84. The van der Waals surface area contributed by atoms with E-state index in [0.717, 1.165) is 46.5 Å². The van der Waals surface area contributed by atoms with Crippen LogP contribution in [0.1, 0.15) is 16.7 Å². The Hall–Kier alpha value is -3.32. The number of methoxy groups -OCH3 is 2.